The predicted octanol–water partition coefficient (Wildman–Crippen LogP) is 10.3. The van der Waals surface area contributed by atoms with Crippen LogP contribution in [0.3, 0.4) is 0 Å². The van der Waals surface area contributed by atoms with Gasteiger partial charge in [-0.25, -0.2) is 9.97 Å². The number of nitrogens with zero attached hydrogens (tertiary/aromatic N) is 4. The Morgan fingerprint density at radius 1 is 0.593 bits per heavy atom. The number of carbonyl (C=O) groups is 3. The second-order valence-corrected chi connectivity index (χ2v) is 17.2. The smallest absolute Gasteiger partial charge is 0.252 e. The number of rotatable bonds is 11. The second kappa shape index (κ2) is 17.3. The summed E-state index contributed by atoms with van der Waals surface area (Å²) in [6.45, 7) is 1.38. The van der Waals surface area contributed by atoms with Crippen LogP contribution in [0.2, 0.25) is 0 Å². The summed E-state index contributed by atoms with van der Waals surface area (Å²) in [5, 5.41) is 4.92. The van der Waals surface area contributed by atoms with E-state index in [1.54, 1.807) is 34.8 Å². The molecule has 2 aliphatic rings. The Morgan fingerprint density at radius 2 is 1.07 bits per heavy atom. The van der Waals surface area contributed by atoms with Gasteiger partial charge in [0, 0.05) is 31.0 Å². The molecule has 3 atom stereocenters. The fraction of sp³-hybridized carbons (Fsp3) is 0.204. The van der Waals surface area contributed by atoms with Crippen LogP contribution in [0.15, 0.2) is 152 Å². The zero-order valence-electron chi connectivity index (χ0n) is 32.4. The topological polar surface area (TPSA) is 95.5 Å². The predicted molar refractivity (Wildman–Crippen MR) is 235 cm³/mol. The lowest BCUT2D eigenvalue weighted by molar-refractivity contribution is -0.134. The van der Waals surface area contributed by atoms with Gasteiger partial charge in [-0.05, 0) is 71.2 Å². The van der Waals surface area contributed by atoms with Crippen LogP contribution in [0, 0.1) is 0 Å². The summed E-state index contributed by atoms with van der Waals surface area (Å²) in [7, 11) is 0. The summed E-state index contributed by atoms with van der Waals surface area (Å²) in [6.07, 6.45) is 7.88. The Kier molecular flexibility index (Phi) is 11.2. The third kappa shape index (κ3) is 8.37. The molecule has 0 radical (unpaired) electrons. The molecular weight excluding hydrogens is 771 g/mol. The van der Waals surface area contributed by atoms with Crippen LogP contribution in [0.25, 0.3) is 32.0 Å². The minimum absolute atomic E-state index is 0.0309. The lowest BCUT2D eigenvalue weighted by Gasteiger charge is -2.28. The zero-order chi connectivity index (χ0) is 40.1. The standard InChI is InChI=1S/C49H43N5O3S2/c55-44(30-33-12-4-1-5-13-33)53-28-10-18-40(53)47-50-31-42(58-47)36-24-20-34(21-25-36)35-22-26-37(27-23-35)43-32-51-48(59-43)41-19-11-29-54(41)49(57)45(38-14-6-2-7-15-38)52-46(56)39-16-8-3-9-17-39/h1-9,12-17,20-27,31-32,40-41,45H,10-11,18-19,28-30H2,(H,52,56)/t40-,41-,45-/m0/s1. The quantitative estimate of drug-likeness (QED) is 0.140. The van der Waals surface area contributed by atoms with E-state index in [9.17, 15) is 14.4 Å². The van der Waals surface area contributed by atoms with Crippen molar-refractivity contribution >= 4 is 40.4 Å². The van der Waals surface area contributed by atoms with E-state index in [-0.39, 0.29) is 29.8 Å². The zero-order valence-corrected chi connectivity index (χ0v) is 34.1. The molecule has 10 heteroatoms. The average Bonchev–Trinajstić information content (AvgIpc) is 4.14. The molecule has 2 aromatic heterocycles. The average molecular weight is 814 g/mol. The van der Waals surface area contributed by atoms with Gasteiger partial charge in [-0.2, -0.15) is 0 Å². The van der Waals surface area contributed by atoms with Gasteiger partial charge in [-0.15, -0.1) is 22.7 Å². The fourth-order valence-electron chi connectivity index (χ4n) is 8.19. The van der Waals surface area contributed by atoms with E-state index in [4.69, 9.17) is 9.97 Å². The molecule has 2 fully saturated rings. The van der Waals surface area contributed by atoms with Crippen molar-refractivity contribution in [3.05, 3.63) is 179 Å². The SMILES string of the molecule is O=C(N[C@H](C(=O)N1CCC[C@H]1c1ncc(-c2ccc(-c3ccc(-c4cnc([C@@H]5CCCN5C(=O)Cc5ccccc5)s4)cc3)cc2)s1)c1ccccc1)c1ccccc1. The molecule has 59 heavy (non-hydrogen) atoms. The van der Waals surface area contributed by atoms with Crippen molar-refractivity contribution in [2.45, 2.75) is 50.2 Å². The number of likely N-dealkylation sites (tertiary alicyclic amines) is 2. The van der Waals surface area contributed by atoms with E-state index in [0.29, 0.717) is 18.5 Å². The van der Waals surface area contributed by atoms with Crippen molar-refractivity contribution in [2.24, 2.45) is 0 Å². The fourth-order valence-corrected chi connectivity index (χ4v) is 10.3. The Morgan fingerprint density at radius 3 is 1.63 bits per heavy atom. The second-order valence-electron chi connectivity index (χ2n) is 15.1. The number of carbonyl (C=O) groups excluding carboxylic acids is 3. The summed E-state index contributed by atoms with van der Waals surface area (Å²) >= 11 is 3.30. The Hall–Kier alpha value is -6.23. The van der Waals surface area contributed by atoms with Gasteiger partial charge < -0.3 is 15.1 Å². The van der Waals surface area contributed by atoms with Crippen molar-refractivity contribution < 1.29 is 14.4 Å². The molecule has 9 rings (SSSR count). The normalized spacial score (nSPS) is 16.9. The van der Waals surface area contributed by atoms with E-state index in [0.717, 1.165) is 85.4 Å². The number of nitrogens with one attached hydrogen (secondary N) is 1. The molecule has 294 valence electrons. The molecule has 5 aromatic carbocycles. The number of aromatic nitrogens is 2. The maximum atomic E-state index is 14.3. The molecule has 2 aliphatic heterocycles. The molecule has 8 nitrogen and oxygen atoms in total. The summed E-state index contributed by atoms with van der Waals surface area (Å²) in [6, 6.07) is 44.6. The van der Waals surface area contributed by atoms with Gasteiger partial charge in [0.1, 0.15) is 16.1 Å². The molecule has 7 aromatic rings. The van der Waals surface area contributed by atoms with Crippen molar-refractivity contribution in [2.75, 3.05) is 13.1 Å². The Balaban J connectivity index is 0.856. The van der Waals surface area contributed by atoms with E-state index in [2.05, 4.69) is 53.8 Å². The maximum Gasteiger partial charge on any atom is 0.252 e. The molecule has 0 bridgehead atoms. The number of benzene rings is 5. The number of thiazole rings is 2. The minimum Gasteiger partial charge on any atom is -0.336 e. The van der Waals surface area contributed by atoms with Gasteiger partial charge in [0.15, 0.2) is 0 Å². The van der Waals surface area contributed by atoms with Crippen molar-refractivity contribution in [3.8, 4) is 32.0 Å². The van der Waals surface area contributed by atoms with E-state index >= 15 is 0 Å². The summed E-state index contributed by atoms with van der Waals surface area (Å²) < 4.78 is 0. The highest BCUT2D eigenvalue weighted by molar-refractivity contribution is 7.15. The third-order valence-electron chi connectivity index (χ3n) is 11.3. The highest BCUT2D eigenvalue weighted by Crippen LogP contribution is 2.40. The van der Waals surface area contributed by atoms with Crippen LogP contribution in [0.5, 0.6) is 0 Å². The first-order valence-corrected chi connectivity index (χ1v) is 21.8. The van der Waals surface area contributed by atoms with Crippen LogP contribution in [0.4, 0.5) is 0 Å². The molecule has 1 N–H and O–H groups in total. The number of amides is 3. The van der Waals surface area contributed by atoms with Gasteiger partial charge in [-0.3, -0.25) is 14.4 Å². The molecule has 0 aliphatic carbocycles. The van der Waals surface area contributed by atoms with Crippen molar-refractivity contribution in [1.29, 1.82) is 0 Å². The van der Waals surface area contributed by atoms with Crippen molar-refractivity contribution in [3.63, 3.8) is 0 Å². The van der Waals surface area contributed by atoms with E-state index in [1.165, 1.54) is 0 Å². The Bertz CT molecular complexity index is 2540. The van der Waals surface area contributed by atoms with Crippen LogP contribution < -0.4 is 5.32 Å². The van der Waals surface area contributed by atoms with Crippen LogP contribution in [-0.2, 0) is 16.0 Å². The van der Waals surface area contributed by atoms with Crippen LogP contribution in [-0.4, -0.2) is 50.6 Å². The molecule has 2 saturated heterocycles. The van der Waals surface area contributed by atoms with Crippen LogP contribution in [0.1, 0.15) is 75.3 Å². The molecule has 0 saturated carbocycles. The molecule has 4 heterocycles. The van der Waals surface area contributed by atoms with Gasteiger partial charge in [0.2, 0.25) is 11.8 Å². The minimum atomic E-state index is -0.810. The highest BCUT2D eigenvalue weighted by Gasteiger charge is 2.37. The summed E-state index contributed by atoms with van der Waals surface area (Å²) in [5.41, 5.74) is 6.72. The monoisotopic (exact) mass is 813 g/mol. The third-order valence-corrected chi connectivity index (χ3v) is 13.6. The first-order valence-electron chi connectivity index (χ1n) is 20.2. The molecule has 0 unspecified atom stereocenters. The van der Waals surface area contributed by atoms with E-state index in [1.807, 2.05) is 101 Å². The van der Waals surface area contributed by atoms with Gasteiger partial charge in [0.05, 0.1) is 28.3 Å². The lowest BCUT2D eigenvalue weighted by atomic mass is 10.0. The summed E-state index contributed by atoms with van der Waals surface area (Å²) in [5.74, 6) is -0.250. The first-order chi connectivity index (χ1) is 29.0. The lowest BCUT2D eigenvalue weighted by Crippen LogP contribution is -2.42. The number of hydrogen-bond acceptors (Lipinski definition) is 7. The van der Waals surface area contributed by atoms with E-state index < -0.39 is 6.04 Å². The molecule has 3 amide bonds. The highest BCUT2D eigenvalue weighted by atomic mass is 32.1. The first kappa shape index (κ1) is 38.3. The largest absolute Gasteiger partial charge is 0.336 e. The van der Waals surface area contributed by atoms with Gasteiger partial charge in [0.25, 0.3) is 5.91 Å². The van der Waals surface area contributed by atoms with Crippen LogP contribution >= 0.6 is 22.7 Å². The number of hydrogen-bond donors (Lipinski definition) is 1. The van der Waals surface area contributed by atoms with Gasteiger partial charge >= 0.3 is 0 Å². The Labute approximate surface area is 352 Å². The van der Waals surface area contributed by atoms with Gasteiger partial charge in [-0.1, -0.05) is 127 Å². The maximum absolute atomic E-state index is 14.3. The molecule has 0 spiro atoms. The molecular formula is C49H43N5O3S2. The summed E-state index contributed by atoms with van der Waals surface area (Å²) in [4.78, 5) is 56.4. The van der Waals surface area contributed by atoms with Crippen molar-refractivity contribution in [1.82, 2.24) is 25.1 Å².